The Balaban J connectivity index is 1.60. The highest BCUT2D eigenvalue weighted by Crippen LogP contribution is 2.70. The molecule has 2 amide bonds. The van der Waals surface area contributed by atoms with Gasteiger partial charge in [0.05, 0.1) is 38.3 Å². The SMILES string of the molecule is CCOC(=O)c1ccccc1N1C(=O)[C@@H]2[C@H](C1=O)C1(Br)c3ccccc3C2(Br)c2ccccc21. The lowest BCUT2D eigenvalue weighted by atomic mass is 9.54. The Hall–Kier alpha value is -2.77. The van der Waals surface area contributed by atoms with Crippen molar-refractivity contribution in [2.75, 3.05) is 11.5 Å². The molecule has 0 spiro atoms. The summed E-state index contributed by atoms with van der Waals surface area (Å²) in [6, 6.07) is 22.5. The summed E-state index contributed by atoms with van der Waals surface area (Å²) in [4.78, 5) is 42.2. The number of hydrogen-bond acceptors (Lipinski definition) is 4. The highest BCUT2D eigenvalue weighted by atomic mass is 79.9. The lowest BCUT2D eigenvalue weighted by molar-refractivity contribution is -0.122. The van der Waals surface area contributed by atoms with Crippen molar-refractivity contribution in [3.8, 4) is 0 Å². The quantitative estimate of drug-likeness (QED) is 0.240. The molecule has 7 rings (SSSR count). The number of carbonyl (C=O) groups is 3. The van der Waals surface area contributed by atoms with Crippen LogP contribution in [0.5, 0.6) is 0 Å². The maximum Gasteiger partial charge on any atom is 0.340 e. The lowest BCUT2D eigenvalue weighted by Crippen LogP contribution is -2.56. The van der Waals surface area contributed by atoms with Crippen LogP contribution in [-0.2, 0) is 23.0 Å². The number of hydrogen-bond donors (Lipinski definition) is 0. The molecule has 7 heteroatoms. The Morgan fingerprint density at radius 3 is 1.65 bits per heavy atom. The number of alkyl halides is 2. The normalized spacial score (nSPS) is 28.4. The second kappa shape index (κ2) is 7.36. The molecule has 1 saturated heterocycles. The van der Waals surface area contributed by atoms with Gasteiger partial charge in [0.15, 0.2) is 0 Å². The molecule has 1 heterocycles. The summed E-state index contributed by atoms with van der Waals surface area (Å²) >= 11 is 7.98. The fraction of sp³-hybridized carbons (Fsp3) is 0.222. The van der Waals surface area contributed by atoms with Crippen molar-refractivity contribution < 1.29 is 19.1 Å². The minimum absolute atomic E-state index is 0.194. The minimum Gasteiger partial charge on any atom is -0.462 e. The first-order chi connectivity index (χ1) is 16.4. The van der Waals surface area contributed by atoms with E-state index in [0.717, 1.165) is 22.3 Å². The van der Waals surface area contributed by atoms with E-state index in [2.05, 4.69) is 31.9 Å². The number of esters is 1. The molecule has 0 saturated carbocycles. The van der Waals surface area contributed by atoms with Gasteiger partial charge in [-0.25, -0.2) is 9.69 Å². The first-order valence-corrected chi connectivity index (χ1v) is 12.7. The number of halogens is 2. The van der Waals surface area contributed by atoms with E-state index in [-0.39, 0.29) is 29.7 Å². The summed E-state index contributed by atoms with van der Waals surface area (Å²) in [5.41, 5.74) is 4.31. The van der Waals surface area contributed by atoms with E-state index in [1.54, 1.807) is 31.2 Å². The van der Waals surface area contributed by atoms with E-state index < -0.39 is 26.5 Å². The first kappa shape index (κ1) is 21.7. The van der Waals surface area contributed by atoms with Crippen molar-refractivity contribution in [3.63, 3.8) is 0 Å². The second-order valence-electron chi connectivity index (χ2n) is 8.72. The van der Waals surface area contributed by atoms with Crippen molar-refractivity contribution in [3.05, 3.63) is 101 Å². The molecular formula is C27H19Br2NO4. The molecule has 4 aliphatic rings. The molecule has 34 heavy (non-hydrogen) atoms. The van der Waals surface area contributed by atoms with Crippen LogP contribution >= 0.6 is 31.9 Å². The van der Waals surface area contributed by atoms with Crippen molar-refractivity contribution >= 4 is 55.3 Å². The van der Waals surface area contributed by atoms with Crippen LogP contribution in [0, 0.1) is 11.8 Å². The Kier molecular flexibility index (Phi) is 4.71. The molecule has 0 unspecified atom stereocenters. The summed E-state index contributed by atoms with van der Waals surface area (Å²) in [5.74, 6) is -2.63. The molecule has 1 fully saturated rings. The third kappa shape index (κ3) is 2.46. The van der Waals surface area contributed by atoms with Crippen LogP contribution in [0.25, 0.3) is 0 Å². The fourth-order valence-electron chi connectivity index (χ4n) is 5.95. The molecule has 0 radical (unpaired) electrons. The highest BCUT2D eigenvalue weighted by molar-refractivity contribution is 9.10. The van der Waals surface area contributed by atoms with E-state index in [9.17, 15) is 14.4 Å². The third-order valence-electron chi connectivity index (χ3n) is 7.23. The zero-order valence-electron chi connectivity index (χ0n) is 18.1. The predicted octanol–water partition coefficient (Wildman–Crippen LogP) is 5.27. The number of imide groups is 1. The van der Waals surface area contributed by atoms with Crippen LogP contribution in [-0.4, -0.2) is 24.4 Å². The molecule has 1 aliphatic heterocycles. The number of benzene rings is 3. The number of anilines is 1. The Morgan fingerprint density at radius 2 is 1.21 bits per heavy atom. The fourth-order valence-corrected chi connectivity index (χ4v) is 8.26. The zero-order chi connectivity index (χ0) is 23.8. The van der Waals surface area contributed by atoms with Gasteiger partial charge in [0.25, 0.3) is 0 Å². The van der Waals surface area contributed by atoms with E-state index in [1.165, 1.54) is 4.90 Å². The molecule has 3 aromatic carbocycles. The smallest absolute Gasteiger partial charge is 0.340 e. The van der Waals surface area contributed by atoms with Gasteiger partial charge in [-0.2, -0.15) is 0 Å². The standard InChI is InChI=1S/C27H19Br2NO4/c1-2-34-25(33)15-9-3-8-14-20(15)30-23(31)21-22(24(30)32)27(29)17-11-5-4-10-16(17)26(21,28)18-12-6-7-13-19(18)27/h3-14,21-22H,2H2,1H3/t21-,22+,26?,27?. The van der Waals surface area contributed by atoms with E-state index in [1.807, 2.05) is 48.5 Å². The van der Waals surface area contributed by atoms with Gasteiger partial charge in [-0.3, -0.25) is 9.59 Å². The average Bonchev–Trinajstić information content (AvgIpc) is 3.13. The number of carbonyl (C=O) groups excluding carboxylic acids is 3. The number of para-hydroxylation sites is 1. The summed E-state index contributed by atoms with van der Waals surface area (Å²) in [6.45, 7) is 1.91. The average molecular weight is 581 g/mol. The van der Waals surface area contributed by atoms with Gasteiger partial charge in [0.2, 0.25) is 11.8 Å². The Labute approximate surface area is 213 Å². The van der Waals surface area contributed by atoms with E-state index >= 15 is 0 Å². The maximum atomic E-state index is 14.1. The summed E-state index contributed by atoms with van der Waals surface area (Å²) in [7, 11) is 0. The molecule has 0 N–H and O–H groups in total. The molecule has 0 aromatic heterocycles. The number of nitrogens with zero attached hydrogens (tertiary/aromatic N) is 1. The van der Waals surface area contributed by atoms with Gasteiger partial charge >= 0.3 is 5.97 Å². The van der Waals surface area contributed by atoms with Gasteiger partial charge < -0.3 is 4.74 Å². The number of rotatable bonds is 3. The molecule has 3 aliphatic carbocycles. The van der Waals surface area contributed by atoms with Crippen LogP contribution in [0.2, 0.25) is 0 Å². The van der Waals surface area contributed by atoms with Crippen LogP contribution in [0.4, 0.5) is 5.69 Å². The first-order valence-electron chi connectivity index (χ1n) is 11.1. The summed E-state index contributed by atoms with van der Waals surface area (Å²) in [6.07, 6.45) is 0. The molecule has 5 nitrogen and oxygen atoms in total. The van der Waals surface area contributed by atoms with Crippen molar-refractivity contribution in [2.24, 2.45) is 11.8 Å². The van der Waals surface area contributed by atoms with Gasteiger partial charge in [-0.1, -0.05) is 92.5 Å². The number of ether oxygens (including phenoxy) is 1. The minimum atomic E-state index is -0.874. The number of amides is 2. The zero-order valence-corrected chi connectivity index (χ0v) is 21.3. The van der Waals surface area contributed by atoms with Gasteiger partial charge in [0, 0.05) is 0 Å². The molecule has 3 aromatic rings. The largest absolute Gasteiger partial charge is 0.462 e. The summed E-state index contributed by atoms with van der Waals surface area (Å²) in [5, 5.41) is 0. The van der Waals surface area contributed by atoms with Crippen molar-refractivity contribution in [2.45, 2.75) is 15.6 Å². The Bertz CT molecular complexity index is 1280. The monoisotopic (exact) mass is 579 g/mol. The van der Waals surface area contributed by atoms with Crippen LogP contribution in [0.1, 0.15) is 39.5 Å². The molecular weight excluding hydrogens is 562 g/mol. The molecule has 2 bridgehead atoms. The van der Waals surface area contributed by atoms with Gasteiger partial charge in [-0.15, -0.1) is 0 Å². The second-order valence-corrected chi connectivity index (χ2v) is 11.2. The maximum absolute atomic E-state index is 14.1. The molecule has 170 valence electrons. The van der Waals surface area contributed by atoms with Gasteiger partial charge in [0.1, 0.15) is 0 Å². The predicted molar refractivity (Wildman–Crippen MR) is 134 cm³/mol. The Morgan fingerprint density at radius 1 is 0.794 bits per heavy atom. The lowest BCUT2D eigenvalue weighted by Gasteiger charge is -2.55. The van der Waals surface area contributed by atoms with E-state index in [0.29, 0.717) is 0 Å². The highest BCUT2D eigenvalue weighted by Gasteiger charge is 2.72. The van der Waals surface area contributed by atoms with Gasteiger partial charge in [-0.05, 0) is 41.3 Å². The van der Waals surface area contributed by atoms with Crippen LogP contribution in [0.15, 0.2) is 72.8 Å². The molecule has 2 atom stereocenters. The van der Waals surface area contributed by atoms with Crippen molar-refractivity contribution in [1.82, 2.24) is 0 Å². The van der Waals surface area contributed by atoms with Crippen LogP contribution in [0.3, 0.4) is 0 Å². The summed E-state index contributed by atoms with van der Waals surface area (Å²) < 4.78 is 3.46. The van der Waals surface area contributed by atoms with E-state index in [4.69, 9.17) is 4.74 Å². The van der Waals surface area contributed by atoms with Crippen LogP contribution < -0.4 is 4.90 Å². The third-order valence-corrected chi connectivity index (χ3v) is 9.92. The van der Waals surface area contributed by atoms with Crippen molar-refractivity contribution in [1.29, 1.82) is 0 Å². The topological polar surface area (TPSA) is 63.7 Å².